The fourth-order valence-electron chi connectivity index (χ4n) is 4.99. The van der Waals surface area contributed by atoms with Gasteiger partial charge in [0.2, 0.25) is 5.91 Å². The maximum Gasteiger partial charge on any atom is 0.324 e. The van der Waals surface area contributed by atoms with Gasteiger partial charge in [-0.15, -0.1) is 0 Å². The second kappa shape index (κ2) is 12.2. The number of methoxy groups -OCH3 is 1. The molecule has 0 bridgehead atoms. The summed E-state index contributed by atoms with van der Waals surface area (Å²) in [6.07, 6.45) is 9.54. The van der Waals surface area contributed by atoms with Gasteiger partial charge >= 0.3 is 6.03 Å². The van der Waals surface area contributed by atoms with Gasteiger partial charge in [0.25, 0.3) is 0 Å². The number of unbranched alkanes of at least 4 members (excludes halogenated alkanes) is 2. The molecule has 1 aromatic carbocycles. The molecule has 2 aliphatic rings. The molecule has 1 saturated carbocycles. The minimum absolute atomic E-state index is 0.0478. The average Bonchev–Trinajstić information content (AvgIpc) is 3.69. The molecule has 5 rings (SSSR count). The third-order valence-corrected chi connectivity index (χ3v) is 7.48. The summed E-state index contributed by atoms with van der Waals surface area (Å²) in [4.78, 5) is 34.2. The first-order valence-electron chi connectivity index (χ1n) is 13.8. The van der Waals surface area contributed by atoms with E-state index in [9.17, 15) is 9.59 Å². The summed E-state index contributed by atoms with van der Waals surface area (Å²) in [6, 6.07) is 7.75. The van der Waals surface area contributed by atoms with Crippen molar-refractivity contribution in [3.05, 3.63) is 47.2 Å². The number of aromatic nitrogens is 2. The van der Waals surface area contributed by atoms with E-state index in [0.29, 0.717) is 54.5 Å². The molecule has 0 unspecified atom stereocenters. The number of urea groups is 1. The Morgan fingerprint density at radius 1 is 1.18 bits per heavy atom. The molecule has 1 aliphatic carbocycles. The molecule has 2 fully saturated rings. The first-order chi connectivity index (χ1) is 19.0. The van der Waals surface area contributed by atoms with Gasteiger partial charge in [0.1, 0.15) is 12.2 Å². The van der Waals surface area contributed by atoms with Crippen LogP contribution < -0.4 is 19.7 Å². The zero-order valence-electron chi connectivity index (χ0n) is 22.6. The Morgan fingerprint density at radius 3 is 2.79 bits per heavy atom. The fraction of sp³-hybridized carbons (Fsp3) is 0.483. The van der Waals surface area contributed by atoms with E-state index in [-0.39, 0.29) is 18.5 Å². The number of nitrogens with zero attached hydrogens (tertiary/aromatic N) is 4. The number of rotatable bonds is 12. The van der Waals surface area contributed by atoms with Gasteiger partial charge in [-0.2, -0.15) is 0 Å². The Morgan fingerprint density at radius 2 is 2.03 bits per heavy atom. The molecule has 39 heavy (non-hydrogen) atoms. The van der Waals surface area contributed by atoms with Gasteiger partial charge in [-0.1, -0.05) is 31.4 Å². The molecular formula is C29H36ClN5O4. The van der Waals surface area contributed by atoms with Gasteiger partial charge in [0.05, 0.1) is 18.7 Å². The highest BCUT2D eigenvalue weighted by molar-refractivity contribution is 6.35. The van der Waals surface area contributed by atoms with Crippen molar-refractivity contribution in [2.45, 2.75) is 64.6 Å². The largest absolute Gasteiger partial charge is 0.493 e. The lowest BCUT2D eigenvalue weighted by molar-refractivity contribution is -0.121. The topological polar surface area (TPSA) is 88.9 Å². The second-order valence-electron chi connectivity index (χ2n) is 10.2. The van der Waals surface area contributed by atoms with Crippen LogP contribution in [0.2, 0.25) is 5.02 Å². The first kappa shape index (κ1) is 27.1. The van der Waals surface area contributed by atoms with Gasteiger partial charge < -0.3 is 24.3 Å². The van der Waals surface area contributed by atoms with Crippen LogP contribution in [-0.4, -0.2) is 59.2 Å². The third kappa shape index (κ3) is 6.24. The van der Waals surface area contributed by atoms with Crippen LogP contribution in [0, 0.1) is 0 Å². The van der Waals surface area contributed by atoms with Crippen molar-refractivity contribution in [3.8, 4) is 11.5 Å². The summed E-state index contributed by atoms with van der Waals surface area (Å²) >= 11 is 6.64. The lowest BCUT2D eigenvalue weighted by Crippen LogP contribution is -2.49. The van der Waals surface area contributed by atoms with Crippen molar-refractivity contribution < 1.29 is 19.1 Å². The maximum atomic E-state index is 13.6. The molecule has 0 radical (unpaired) electrons. The van der Waals surface area contributed by atoms with Crippen LogP contribution in [0.3, 0.4) is 0 Å². The molecule has 208 valence electrons. The number of carbonyl (C=O) groups excluding carboxylic acids is 2. The van der Waals surface area contributed by atoms with Crippen molar-refractivity contribution in [1.29, 1.82) is 0 Å². The van der Waals surface area contributed by atoms with E-state index in [2.05, 4.69) is 17.2 Å². The molecule has 10 heteroatoms. The van der Waals surface area contributed by atoms with Crippen molar-refractivity contribution in [2.75, 3.05) is 31.7 Å². The van der Waals surface area contributed by atoms with Crippen LogP contribution in [0.1, 0.15) is 51.0 Å². The highest BCUT2D eigenvalue weighted by Gasteiger charge is 2.29. The molecule has 0 spiro atoms. The van der Waals surface area contributed by atoms with E-state index in [1.165, 1.54) is 0 Å². The number of halogens is 1. The molecular weight excluding hydrogens is 518 g/mol. The number of amides is 3. The molecule has 1 N–H and O–H groups in total. The number of benzene rings is 1. The number of hydrogen-bond donors (Lipinski definition) is 1. The Labute approximate surface area is 234 Å². The van der Waals surface area contributed by atoms with Crippen LogP contribution in [0.25, 0.3) is 11.0 Å². The number of carbonyl (C=O) groups is 2. The molecule has 1 saturated heterocycles. The summed E-state index contributed by atoms with van der Waals surface area (Å²) in [5.74, 6) is 1.25. The zero-order chi connectivity index (χ0) is 27.4. The summed E-state index contributed by atoms with van der Waals surface area (Å²) < 4.78 is 13.3. The van der Waals surface area contributed by atoms with Crippen LogP contribution in [0.15, 0.2) is 36.7 Å². The monoisotopic (exact) mass is 553 g/mol. The molecule has 2 aromatic heterocycles. The third-order valence-electron chi connectivity index (χ3n) is 7.19. The molecule has 3 amide bonds. The van der Waals surface area contributed by atoms with Crippen LogP contribution in [-0.2, 0) is 17.9 Å². The fourth-order valence-corrected chi connectivity index (χ4v) is 5.32. The number of fused-ring (bicyclic) bond motifs is 1. The van der Waals surface area contributed by atoms with Crippen molar-refractivity contribution >= 4 is 40.3 Å². The molecule has 3 heterocycles. The predicted molar refractivity (Wildman–Crippen MR) is 152 cm³/mol. The normalized spacial score (nSPS) is 15.6. The molecule has 9 nitrogen and oxygen atoms in total. The number of pyridine rings is 1. The van der Waals surface area contributed by atoms with E-state index >= 15 is 0 Å². The summed E-state index contributed by atoms with van der Waals surface area (Å²) in [5, 5.41) is 4.30. The SMILES string of the molecule is CCCCCOc1cc(N2CCCN(Cc3ccnc4c3c(Cl)cn4CC(=O)NC3CC3)C2=O)ccc1OC. The van der Waals surface area contributed by atoms with E-state index < -0.39 is 0 Å². The Hall–Kier alpha value is -3.46. The van der Waals surface area contributed by atoms with Gasteiger partial charge in [-0.25, -0.2) is 9.78 Å². The summed E-state index contributed by atoms with van der Waals surface area (Å²) in [7, 11) is 1.62. The lowest BCUT2D eigenvalue weighted by atomic mass is 10.1. The van der Waals surface area contributed by atoms with Gasteiger partial charge in [-0.3, -0.25) is 9.69 Å². The Bertz CT molecular complexity index is 1340. The standard InChI is InChI=1S/C29H36ClN5O4/c1-3-4-5-15-39-25-16-22(9-10-24(25)38-2)35-14-6-13-33(29(35)37)17-20-11-12-31-28-27(20)23(30)18-34(28)19-26(36)32-21-7-8-21/h9-12,16,18,21H,3-8,13-15,17,19H2,1-2H3,(H,32,36). The van der Waals surface area contributed by atoms with E-state index in [1.807, 2.05) is 29.2 Å². The molecule has 3 aromatic rings. The highest BCUT2D eigenvalue weighted by Crippen LogP contribution is 2.34. The number of hydrogen-bond acceptors (Lipinski definition) is 5. The number of ether oxygens (including phenoxy) is 2. The van der Waals surface area contributed by atoms with E-state index in [1.54, 1.807) is 29.0 Å². The van der Waals surface area contributed by atoms with E-state index in [4.69, 9.17) is 21.1 Å². The minimum atomic E-state index is -0.0762. The highest BCUT2D eigenvalue weighted by atomic mass is 35.5. The minimum Gasteiger partial charge on any atom is -0.493 e. The van der Waals surface area contributed by atoms with Gasteiger partial charge in [-0.05, 0) is 49.4 Å². The molecule has 1 aliphatic heterocycles. The van der Waals surface area contributed by atoms with Crippen LogP contribution in [0.4, 0.5) is 10.5 Å². The molecule has 0 atom stereocenters. The maximum absolute atomic E-state index is 13.6. The summed E-state index contributed by atoms with van der Waals surface area (Å²) in [6.45, 7) is 4.57. The Kier molecular flexibility index (Phi) is 8.45. The first-order valence-corrected chi connectivity index (χ1v) is 14.1. The van der Waals surface area contributed by atoms with Gasteiger partial charge in [0, 0.05) is 55.2 Å². The van der Waals surface area contributed by atoms with Crippen molar-refractivity contribution in [1.82, 2.24) is 19.8 Å². The predicted octanol–water partition coefficient (Wildman–Crippen LogP) is 5.38. The zero-order valence-corrected chi connectivity index (χ0v) is 23.4. The average molecular weight is 554 g/mol. The van der Waals surface area contributed by atoms with E-state index in [0.717, 1.165) is 55.2 Å². The quantitative estimate of drug-likeness (QED) is 0.304. The van der Waals surface area contributed by atoms with Crippen molar-refractivity contribution in [3.63, 3.8) is 0 Å². The number of anilines is 1. The van der Waals surface area contributed by atoms with Gasteiger partial charge in [0.15, 0.2) is 11.5 Å². The van der Waals surface area contributed by atoms with Crippen LogP contribution in [0.5, 0.6) is 11.5 Å². The van der Waals surface area contributed by atoms with Crippen molar-refractivity contribution in [2.24, 2.45) is 0 Å². The van der Waals surface area contributed by atoms with Crippen LogP contribution >= 0.6 is 11.6 Å². The number of nitrogens with one attached hydrogen (secondary N) is 1. The lowest BCUT2D eigenvalue weighted by Gasteiger charge is -2.36. The Balaban J connectivity index is 1.33. The smallest absolute Gasteiger partial charge is 0.324 e. The summed E-state index contributed by atoms with van der Waals surface area (Å²) in [5.41, 5.74) is 2.32. The second-order valence-corrected chi connectivity index (χ2v) is 10.6.